The summed E-state index contributed by atoms with van der Waals surface area (Å²) in [6, 6.07) is 11.0. The van der Waals surface area contributed by atoms with Crippen molar-refractivity contribution in [3.05, 3.63) is 52.8 Å². The Hall–Kier alpha value is -0.626. The molecule has 1 heterocycles. The van der Waals surface area contributed by atoms with Gasteiger partial charge in [0.1, 0.15) is 0 Å². The van der Waals surface area contributed by atoms with E-state index in [2.05, 4.69) is 69.6 Å². The van der Waals surface area contributed by atoms with Crippen LogP contribution in [0, 0.1) is 0 Å². The van der Waals surface area contributed by atoms with E-state index in [0.29, 0.717) is 5.92 Å². The third-order valence-electron chi connectivity index (χ3n) is 3.30. The SMILES string of the molecule is CC1C(c2cc[pH][c]2[Ti+2])=Cc2ccccc21.C[O-].C[O-]. The molecule has 3 rings (SSSR count). The van der Waals surface area contributed by atoms with Crippen LogP contribution in [0.5, 0.6) is 0 Å². The first-order valence-corrected chi connectivity index (χ1v) is 8.14. The van der Waals surface area contributed by atoms with E-state index in [1.54, 1.807) is 0 Å². The van der Waals surface area contributed by atoms with E-state index in [1.807, 2.05) is 0 Å². The molecule has 0 bridgehead atoms. The van der Waals surface area contributed by atoms with Crippen molar-refractivity contribution < 1.29 is 30.6 Å². The summed E-state index contributed by atoms with van der Waals surface area (Å²) in [6.45, 7) is 2.31. The minimum Gasteiger partial charge on any atom is -0.857 e. The van der Waals surface area contributed by atoms with Gasteiger partial charge in [0.05, 0.1) is 0 Å². The van der Waals surface area contributed by atoms with Crippen molar-refractivity contribution in [2.75, 3.05) is 14.2 Å². The van der Waals surface area contributed by atoms with Crippen LogP contribution in [0.1, 0.15) is 29.5 Å². The first kappa shape index (κ1) is 17.4. The maximum atomic E-state index is 8.25. The Bertz CT molecular complexity index is 575. The van der Waals surface area contributed by atoms with Crippen LogP contribution < -0.4 is 13.8 Å². The molecule has 1 aromatic heterocycles. The van der Waals surface area contributed by atoms with E-state index in [4.69, 9.17) is 10.2 Å². The molecule has 0 amide bonds. The van der Waals surface area contributed by atoms with Gasteiger partial charge in [-0.25, -0.2) is 0 Å². The van der Waals surface area contributed by atoms with Crippen LogP contribution in [-0.4, -0.2) is 14.2 Å². The molecule has 0 radical (unpaired) electrons. The maximum absolute atomic E-state index is 8.25. The molecule has 4 heteroatoms. The fraction of sp³-hybridized carbons (Fsp3) is 0.250. The van der Waals surface area contributed by atoms with Crippen molar-refractivity contribution in [3.8, 4) is 0 Å². The summed E-state index contributed by atoms with van der Waals surface area (Å²) in [5.74, 6) is 2.84. The molecule has 0 spiro atoms. The van der Waals surface area contributed by atoms with Gasteiger partial charge in [-0.15, -0.1) is 0 Å². The predicted molar refractivity (Wildman–Crippen MR) is 80.2 cm³/mol. The van der Waals surface area contributed by atoms with Crippen LogP contribution in [0.25, 0.3) is 11.6 Å². The summed E-state index contributed by atoms with van der Waals surface area (Å²) in [5, 5.41) is 16.5. The standard InChI is InChI=1S/C14H12P.2CH3O.Ti/c1-10-13-5-3-2-4-11(13)8-14(10)12-6-7-15-9-12;2*1-2;/h2-8,10,15H,1H3;2*1H3;/q;2*-1;+2. The van der Waals surface area contributed by atoms with Crippen molar-refractivity contribution in [3.63, 3.8) is 0 Å². The molecule has 2 atom stereocenters. The molecular formula is C16H18O2PTi. The largest absolute Gasteiger partial charge is 0.857 e. The summed E-state index contributed by atoms with van der Waals surface area (Å²) in [6.07, 6.45) is 2.36. The molecular weight excluding hydrogens is 303 g/mol. The van der Waals surface area contributed by atoms with Gasteiger partial charge in [-0.2, -0.15) is 14.2 Å². The summed E-state index contributed by atoms with van der Waals surface area (Å²) >= 11 is 2.25. The molecule has 1 aromatic carbocycles. The van der Waals surface area contributed by atoms with Crippen molar-refractivity contribution in [2.24, 2.45) is 0 Å². The van der Waals surface area contributed by atoms with Crippen molar-refractivity contribution >= 4 is 23.4 Å². The molecule has 0 aliphatic heterocycles. The van der Waals surface area contributed by atoms with Gasteiger partial charge in [-0.3, -0.25) is 0 Å². The van der Waals surface area contributed by atoms with E-state index in [9.17, 15) is 0 Å². The molecule has 0 N–H and O–H groups in total. The average molecular weight is 321 g/mol. The van der Waals surface area contributed by atoms with Crippen LogP contribution >= 0.6 is 8.19 Å². The molecule has 20 heavy (non-hydrogen) atoms. The number of hydrogen-bond acceptors (Lipinski definition) is 2. The Morgan fingerprint density at radius 3 is 2.25 bits per heavy atom. The van der Waals surface area contributed by atoms with Crippen molar-refractivity contribution in [1.29, 1.82) is 0 Å². The van der Waals surface area contributed by atoms with Gasteiger partial charge in [0.2, 0.25) is 0 Å². The third-order valence-corrected chi connectivity index (χ3v) is 5.29. The fourth-order valence-corrected chi connectivity index (χ4v) is 3.96. The number of fused-ring (bicyclic) bond motifs is 1. The topological polar surface area (TPSA) is 46.1 Å². The van der Waals surface area contributed by atoms with Gasteiger partial charge >= 0.3 is 110 Å². The zero-order valence-electron chi connectivity index (χ0n) is 11.9. The van der Waals surface area contributed by atoms with E-state index in [0.717, 1.165) is 22.4 Å². The molecule has 103 valence electrons. The van der Waals surface area contributed by atoms with Crippen LogP contribution in [-0.2, 0) is 20.4 Å². The Labute approximate surface area is 134 Å². The van der Waals surface area contributed by atoms with Crippen molar-refractivity contribution in [1.82, 2.24) is 0 Å². The summed E-state index contributed by atoms with van der Waals surface area (Å²) in [4.78, 5) is 0. The predicted octanol–water partition coefficient (Wildman–Crippen LogP) is 1.50. The summed E-state index contributed by atoms with van der Waals surface area (Å²) in [7, 11) is 2.38. The van der Waals surface area contributed by atoms with E-state index < -0.39 is 0 Å². The Morgan fingerprint density at radius 2 is 1.70 bits per heavy atom. The summed E-state index contributed by atoms with van der Waals surface area (Å²) in [5.41, 5.74) is 5.84. The van der Waals surface area contributed by atoms with Gasteiger partial charge in [-0.05, 0) is 0 Å². The van der Waals surface area contributed by atoms with Crippen LogP contribution in [0.2, 0.25) is 0 Å². The molecule has 1 aliphatic carbocycles. The zero-order chi connectivity index (χ0) is 15.1. The minimum atomic E-state index is 0.550. The normalized spacial score (nSPS) is 15.8. The Morgan fingerprint density at radius 1 is 1.05 bits per heavy atom. The third kappa shape index (κ3) is 3.52. The molecule has 0 saturated carbocycles. The van der Waals surface area contributed by atoms with Gasteiger partial charge in [-0.1, -0.05) is 0 Å². The smallest absolute Gasteiger partial charge is 0.153 e. The second-order valence-electron chi connectivity index (χ2n) is 4.22. The van der Waals surface area contributed by atoms with E-state index in [-0.39, 0.29) is 0 Å². The van der Waals surface area contributed by atoms with Gasteiger partial charge in [0.25, 0.3) is 0 Å². The Balaban J connectivity index is 0.000000461. The van der Waals surface area contributed by atoms with Gasteiger partial charge in [0, 0.05) is 0 Å². The molecule has 0 saturated heterocycles. The number of hydrogen-bond donors (Lipinski definition) is 0. The number of allylic oxidation sites excluding steroid dienone is 1. The second-order valence-corrected chi connectivity index (χ2v) is 6.90. The monoisotopic (exact) mass is 321 g/mol. The van der Waals surface area contributed by atoms with Gasteiger partial charge in [0.15, 0.2) is 0 Å². The average Bonchev–Trinajstić information content (AvgIpc) is 3.08. The first-order chi connectivity index (χ1) is 9.77. The van der Waals surface area contributed by atoms with E-state index in [1.165, 1.54) is 25.9 Å². The van der Waals surface area contributed by atoms with E-state index >= 15 is 0 Å². The number of benzene rings is 1. The summed E-state index contributed by atoms with van der Waals surface area (Å²) < 4.78 is 1.53. The second kappa shape index (κ2) is 8.61. The molecule has 2 unspecified atom stereocenters. The van der Waals surface area contributed by atoms with Crippen LogP contribution in [0.4, 0.5) is 0 Å². The zero-order valence-corrected chi connectivity index (χ0v) is 14.5. The molecule has 1 aliphatic rings. The van der Waals surface area contributed by atoms with Crippen LogP contribution in [0.15, 0.2) is 36.1 Å². The molecule has 0 fully saturated rings. The Kier molecular flexibility index (Phi) is 7.51. The van der Waals surface area contributed by atoms with Crippen LogP contribution in [0.3, 0.4) is 0 Å². The van der Waals surface area contributed by atoms with Crippen molar-refractivity contribution in [2.45, 2.75) is 12.8 Å². The molecule has 2 aromatic rings. The number of rotatable bonds is 1. The quantitative estimate of drug-likeness (QED) is 0.748. The fourth-order valence-electron chi connectivity index (χ4n) is 2.42. The first-order valence-electron chi connectivity index (χ1n) is 6.29. The van der Waals surface area contributed by atoms with Gasteiger partial charge < -0.3 is 10.2 Å². The maximum Gasteiger partial charge on any atom is -0.153 e. The minimum absolute atomic E-state index is 0.550. The molecule has 2 nitrogen and oxygen atoms in total.